The van der Waals surface area contributed by atoms with Crippen molar-refractivity contribution in [1.29, 1.82) is 0 Å². The summed E-state index contributed by atoms with van der Waals surface area (Å²) in [5.74, 6) is -0.299. The third kappa shape index (κ3) is 2.52. The van der Waals surface area contributed by atoms with E-state index in [1.54, 1.807) is 17.4 Å². The maximum absolute atomic E-state index is 13.2. The molecule has 0 aliphatic rings. The first-order valence-corrected chi connectivity index (χ1v) is 5.88. The average Bonchev–Trinajstić information content (AvgIpc) is 2.68. The van der Waals surface area contributed by atoms with Gasteiger partial charge in [0.1, 0.15) is 5.82 Å². The second-order valence-electron chi connectivity index (χ2n) is 3.73. The molecule has 0 radical (unpaired) electrons. The third-order valence-electron chi connectivity index (χ3n) is 2.35. The molecule has 0 saturated heterocycles. The zero-order valence-electron chi connectivity index (χ0n) is 8.98. The van der Waals surface area contributed by atoms with Crippen molar-refractivity contribution >= 4 is 22.7 Å². The van der Waals surface area contributed by atoms with Crippen molar-refractivity contribution in [2.45, 2.75) is 6.54 Å². The van der Waals surface area contributed by atoms with Gasteiger partial charge in [-0.3, -0.25) is 0 Å². The predicted molar refractivity (Wildman–Crippen MR) is 67.2 cm³/mol. The number of thiophene rings is 1. The Hall–Kier alpha value is -1.55. The van der Waals surface area contributed by atoms with Crippen LogP contribution in [0.2, 0.25) is 0 Å². The smallest absolute Gasteiger partial charge is 0.127 e. The van der Waals surface area contributed by atoms with Crippen LogP contribution < -0.4 is 10.6 Å². The van der Waals surface area contributed by atoms with E-state index in [4.69, 9.17) is 5.73 Å². The number of nitrogen functional groups attached to an aromatic ring is 1. The molecule has 0 saturated carbocycles. The van der Waals surface area contributed by atoms with Crippen molar-refractivity contribution in [3.05, 3.63) is 46.4 Å². The fourth-order valence-electron chi connectivity index (χ4n) is 1.56. The fourth-order valence-corrected chi connectivity index (χ4v) is 2.22. The molecule has 16 heavy (non-hydrogen) atoms. The van der Waals surface area contributed by atoms with Crippen LogP contribution in [0.3, 0.4) is 0 Å². The molecule has 2 aromatic rings. The summed E-state index contributed by atoms with van der Waals surface area (Å²) in [6, 6.07) is 6.64. The third-order valence-corrected chi connectivity index (χ3v) is 3.08. The summed E-state index contributed by atoms with van der Waals surface area (Å²) in [6.07, 6.45) is 0. The minimum Gasteiger partial charge on any atom is -0.399 e. The second kappa shape index (κ2) is 4.53. The number of hydrogen-bond acceptors (Lipinski definition) is 3. The van der Waals surface area contributed by atoms with Gasteiger partial charge in [-0.05, 0) is 40.6 Å². The highest BCUT2D eigenvalue weighted by molar-refractivity contribution is 7.07. The summed E-state index contributed by atoms with van der Waals surface area (Å²) in [4.78, 5) is 1.97. The molecule has 0 aliphatic heterocycles. The van der Waals surface area contributed by atoms with Crippen LogP contribution in [0.25, 0.3) is 0 Å². The first-order valence-electron chi connectivity index (χ1n) is 4.93. The maximum Gasteiger partial charge on any atom is 0.127 e. The first-order chi connectivity index (χ1) is 7.65. The molecule has 4 heteroatoms. The van der Waals surface area contributed by atoms with Crippen molar-refractivity contribution in [2.24, 2.45) is 0 Å². The lowest BCUT2D eigenvalue weighted by atomic mass is 10.2. The molecule has 1 heterocycles. The number of nitrogens with two attached hydrogens (primary N) is 1. The Kier molecular flexibility index (Phi) is 3.10. The molecular weight excluding hydrogens is 223 g/mol. The van der Waals surface area contributed by atoms with E-state index in [0.717, 1.165) is 12.2 Å². The molecule has 0 unspecified atom stereocenters. The fraction of sp³-hybridized carbons (Fsp3) is 0.167. The molecule has 0 amide bonds. The number of benzene rings is 1. The molecular formula is C12H13FN2S. The Morgan fingerprint density at radius 3 is 2.81 bits per heavy atom. The van der Waals surface area contributed by atoms with Crippen molar-refractivity contribution in [3.63, 3.8) is 0 Å². The normalized spacial score (nSPS) is 10.4. The summed E-state index contributed by atoms with van der Waals surface area (Å²) < 4.78 is 13.2. The largest absolute Gasteiger partial charge is 0.399 e. The zero-order chi connectivity index (χ0) is 11.5. The van der Waals surface area contributed by atoms with E-state index < -0.39 is 0 Å². The number of hydrogen-bond donors (Lipinski definition) is 1. The van der Waals surface area contributed by atoms with Crippen LogP contribution in [-0.4, -0.2) is 7.05 Å². The van der Waals surface area contributed by atoms with Crippen LogP contribution >= 0.6 is 11.3 Å². The Balaban J connectivity index is 2.17. The van der Waals surface area contributed by atoms with Gasteiger partial charge in [-0.15, -0.1) is 0 Å². The number of rotatable bonds is 3. The molecule has 0 aliphatic carbocycles. The van der Waals surface area contributed by atoms with E-state index in [-0.39, 0.29) is 5.82 Å². The number of anilines is 2. The quantitative estimate of drug-likeness (QED) is 0.830. The highest BCUT2D eigenvalue weighted by atomic mass is 32.1. The molecule has 0 bridgehead atoms. The Morgan fingerprint density at radius 1 is 1.38 bits per heavy atom. The highest BCUT2D eigenvalue weighted by Gasteiger charge is 2.05. The highest BCUT2D eigenvalue weighted by Crippen LogP contribution is 2.21. The SMILES string of the molecule is CN(Cc1ccsc1)c1cc(N)cc(F)c1. The van der Waals surface area contributed by atoms with E-state index in [1.807, 2.05) is 17.3 Å². The van der Waals surface area contributed by atoms with Gasteiger partial charge in [-0.2, -0.15) is 11.3 Å². The van der Waals surface area contributed by atoms with Crippen LogP contribution in [0, 0.1) is 5.82 Å². The predicted octanol–water partition coefficient (Wildman–Crippen LogP) is 3.11. The van der Waals surface area contributed by atoms with E-state index in [1.165, 1.54) is 17.7 Å². The van der Waals surface area contributed by atoms with Crippen molar-refractivity contribution in [2.75, 3.05) is 17.7 Å². The standard InChI is InChI=1S/C12H13FN2S/c1-15(7-9-2-3-16-8-9)12-5-10(13)4-11(14)6-12/h2-6,8H,7,14H2,1H3. The van der Waals surface area contributed by atoms with Crippen LogP contribution in [0.1, 0.15) is 5.56 Å². The molecule has 2 nitrogen and oxygen atoms in total. The Morgan fingerprint density at radius 2 is 2.19 bits per heavy atom. The molecule has 2 N–H and O–H groups in total. The second-order valence-corrected chi connectivity index (χ2v) is 4.51. The molecule has 0 atom stereocenters. The molecule has 1 aromatic carbocycles. The lowest BCUT2D eigenvalue weighted by Crippen LogP contribution is -2.16. The average molecular weight is 236 g/mol. The van der Waals surface area contributed by atoms with Crippen molar-refractivity contribution in [1.82, 2.24) is 0 Å². The van der Waals surface area contributed by atoms with Crippen LogP contribution in [0.4, 0.5) is 15.8 Å². The van der Waals surface area contributed by atoms with Gasteiger partial charge in [0.25, 0.3) is 0 Å². The van der Waals surface area contributed by atoms with Crippen LogP contribution in [-0.2, 0) is 6.54 Å². The number of halogens is 1. The molecule has 1 aromatic heterocycles. The van der Waals surface area contributed by atoms with Gasteiger partial charge in [-0.1, -0.05) is 0 Å². The van der Waals surface area contributed by atoms with Gasteiger partial charge >= 0.3 is 0 Å². The zero-order valence-corrected chi connectivity index (χ0v) is 9.80. The van der Waals surface area contributed by atoms with Gasteiger partial charge < -0.3 is 10.6 Å². The maximum atomic E-state index is 13.2. The lowest BCUT2D eigenvalue weighted by Gasteiger charge is -2.19. The van der Waals surface area contributed by atoms with Crippen molar-refractivity contribution < 1.29 is 4.39 Å². The number of nitrogens with zero attached hydrogens (tertiary/aromatic N) is 1. The van der Waals surface area contributed by atoms with E-state index in [2.05, 4.69) is 11.4 Å². The minimum absolute atomic E-state index is 0.299. The summed E-state index contributed by atoms with van der Waals surface area (Å²) in [5, 5.41) is 4.11. The van der Waals surface area contributed by atoms with Gasteiger partial charge in [0.05, 0.1) is 0 Å². The molecule has 0 fully saturated rings. The summed E-state index contributed by atoms with van der Waals surface area (Å²) in [7, 11) is 1.92. The van der Waals surface area contributed by atoms with Crippen molar-refractivity contribution in [3.8, 4) is 0 Å². The molecule has 84 valence electrons. The van der Waals surface area contributed by atoms with Gasteiger partial charge in [0.15, 0.2) is 0 Å². The van der Waals surface area contributed by atoms with E-state index in [0.29, 0.717) is 5.69 Å². The monoisotopic (exact) mass is 236 g/mol. The Bertz CT molecular complexity index is 448. The van der Waals surface area contributed by atoms with Gasteiger partial charge in [0.2, 0.25) is 0 Å². The molecule has 0 spiro atoms. The van der Waals surface area contributed by atoms with E-state index in [9.17, 15) is 4.39 Å². The van der Waals surface area contributed by atoms with Crippen LogP contribution in [0.15, 0.2) is 35.0 Å². The summed E-state index contributed by atoms with van der Waals surface area (Å²) >= 11 is 1.66. The van der Waals surface area contributed by atoms with Gasteiger partial charge in [-0.25, -0.2) is 4.39 Å². The summed E-state index contributed by atoms with van der Waals surface area (Å²) in [5.41, 5.74) is 8.07. The minimum atomic E-state index is -0.299. The van der Waals surface area contributed by atoms with E-state index >= 15 is 0 Å². The topological polar surface area (TPSA) is 29.3 Å². The first kappa shape index (κ1) is 11.0. The Labute approximate surface area is 98.1 Å². The molecule has 2 rings (SSSR count). The lowest BCUT2D eigenvalue weighted by molar-refractivity contribution is 0.628. The van der Waals surface area contributed by atoms with Crippen LogP contribution in [0.5, 0.6) is 0 Å². The van der Waals surface area contributed by atoms with Gasteiger partial charge in [0, 0.05) is 25.0 Å². The summed E-state index contributed by atoms with van der Waals surface area (Å²) in [6.45, 7) is 0.756.